The van der Waals surface area contributed by atoms with Crippen molar-refractivity contribution < 1.29 is 18.2 Å². The molecule has 6 heteroatoms. The van der Waals surface area contributed by atoms with Crippen LogP contribution in [0.15, 0.2) is 27.4 Å². The fourth-order valence-electron chi connectivity index (χ4n) is 2.96. The zero-order chi connectivity index (χ0) is 15.9. The van der Waals surface area contributed by atoms with E-state index in [9.17, 15) is 13.2 Å². The summed E-state index contributed by atoms with van der Waals surface area (Å²) in [7, 11) is -2.87. The van der Waals surface area contributed by atoms with Gasteiger partial charge in [-0.15, -0.1) is 0 Å². The number of nitrogens with two attached hydrogens (primary N) is 1. The molecular weight excluding hydrogens is 302 g/mol. The van der Waals surface area contributed by atoms with Crippen molar-refractivity contribution in [3.8, 4) is 0 Å². The fraction of sp³-hybridized carbons (Fsp3) is 0.438. The molecule has 1 saturated heterocycles. The van der Waals surface area contributed by atoms with Crippen LogP contribution >= 0.6 is 0 Å². The van der Waals surface area contributed by atoms with Gasteiger partial charge in [-0.1, -0.05) is 0 Å². The Bertz CT molecular complexity index is 883. The minimum Gasteiger partial charge on any atom is -0.423 e. The van der Waals surface area contributed by atoms with Crippen molar-refractivity contribution in [2.75, 3.05) is 11.5 Å². The predicted octanol–water partition coefficient (Wildman–Crippen LogP) is 0.660. The maximum absolute atomic E-state index is 11.7. The Morgan fingerprint density at radius 3 is 2.64 bits per heavy atom. The molecular formula is C16H20NO4S+. The molecule has 1 aromatic heterocycles. The Hall–Kier alpha value is -1.66. The number of quaternary nitrogens is 1. The number of hydrogen-bond acceptors (Lipinski definition) is 4. The number of rotatable bonds is 3. The lowest BCUT2D eigenvalue weighted by Gasteiger charge is -2.10. The van der Waals surface area contributed by atoms with Crippen LogP contribution in [0.1, 0.15) is 23.1 Å². The molecule has 3 rings (SSSR count). The van der Waals surface area contributed by atoms with E-state index in [1.807, 2.05) is 31.3 Å². The van der Waals surface area contributed by atoms with Crippen LogP contribution in [0, 0.1) is 13.8 Å². The summed E-state index contributed by atoms with van der Waals surface area (Å²) in [6.45, 7) is 4.60. The van der Waals surface area contributed by atoms with Gasteiger partial charge in [-0.05, 0) is 37.1 Å². The van der Waals surface area contributed by atoms with Crippen LogP contribution < -0.4 is 10.9 Å². The van der Waals surface area contributed by atoms with E-state index in [2.05, 4.69) is 0 Å². The normalized spacial score (nSPS) is 20.5. The summed E-state index contributed by atoms with van der Waals surface area (Å²) in [4.78, 5) is 11.7. The number of hydrogen-bond donors (Lipinski definition) is 1. The van der Waals surface area contributed by atoms with Crippen molar-refractivity contribution in [1.82, 2.24) is 0 Å². The molecule has 0 aliphatic carbocycles. The van der Waals surface area contributed by atoms with Crippen LogP contribution in [0.25, 0.3) is 11.0 Å². The highest BCUT2D eigenvalue weighted by Crippen LogP contribution is 2.21. The van der Waals surface area contributed by atoms with Crippen LogP contribution in [0.2, 0.25) is 0 Å². The van der Waals surface area contributed by atoms with E-state index in [0.29, 0.717) is 18.5 Å². The van der Waals surface area contributed by atoms with Gasteiger partial charge in [0.2, 0.25) is 0 Å². The molecule has 0 spiro atoms. The van der Waals surface area contributed by atoms with Gasteiger partial charge in [-0.3, -0.25) is 0 Å². The molecule has 0 unspecified atom stereocenters. The van der Waals surface area contributed by atoms with E-state index in [-0.39, 0.29) is 23.2 Å². The first-order valence-electron chi connectivity index (χ1n) is 7.42. The third-order valence-corrected chi connectivity index (χ3v) is 6.18. The molecule has 118 valence electrons. The number of sulfone groups is 1. The lowest BCUT2D eigenvalue weighted by molar-refractivity contribution is -0.699. The Balaban J connectivity index is 1.90. The highest BCUT2D eigenvalue weighted by atomic mass is 32.2. The lowest BCUT2D eigenvalue weighted by Crippen LogP contribution is -2.89. The molecule has 1 atom stereocenters. The quantitative estimate of drug-likeness (QED) is 0.842. The van der Waals surface area contributed by atoms with E-state index >= 15 is 0 Å². The Kier molecular flexibility index (Phi) is 3.82. The molecule has 0 bridgehead atoms. The van der Waals surface area contributed by atoms with Crippen LogP contribution in [0.5, 0.6) is 0 Å². The van der Waals surface area contributed by atoms with Gasteiger partial charge in [0.15, 0.2) is 9.84 Å². The van der Waals surface area contributed by atoms with E-state index in [0.717, 1.165) is 22.1 Å². The smallest absolute Gasteiger partial charge is 0.336 e. The first kappa shape index (κ1) is 15.2. The molecule has 1 aliphatic heterocycles. The van der Waals surface area contributed by atoms with Crippen LogP contribution in [-0.2, 0) is 16.4 Å². The SMILES string of the molecule is Cc1cc2oc(=O)cc(C[NH2+][C@@H]3CCS(=O)(=O)C3)c2cc1C. The van der Waals surface area contributed by atoms with Crippen molar-refractivity contribution in [3.63, 3.8) is 0 Å². The average Bonchev–Trinajstić information content (AvgIpc) is 2.77. The summed E-state index contributed by atoms with van der Waals surface area (Å²) >= 11 is 0. The second-order valence-electron chi connectivity index (χ2n) is 6.13. The molecule has 5 nitrogen and oxygen atoms in total. The van der Waals surface area contributed by atoms with Gasteiger partial charge < -0.3 is 9.73 Å². The monoisotopic (exact) mass is 322 g/mol. The third kappa shape index (κ3) is 3.08. The van der Waals surface area contributed by atoms with Crippen molar-refractivity contribution >= 4 is 20.8 Å². The second kappa shape index (κ2) is 5.52. The van der Waals surface area contributed by atoms with Crippen LogP contribution in [0.3, 0.4) is 0 Å². The van der Waals surface area contributed by atoms with Gasteiger partial charge >= 0.3 is 5.63 Å². The maximum atomic E-state index is 11.7. The molecule has 1 aromatic carbocycles. The van der Waals surface area contributed by atoms with Gasteiger partial charge in [0.1, 0.15) is 23.9 Å². The standard InChI is InChI=1S/C16H19NO4S/c1-10-5-14-12(7-16(18)21-15(14)6-11(10)2)8-17-13-3-4-22(19,20)9-13/h5-7,13,17H,3-4,8-9H2,1-2H3/p+1/t13-/m1/s1. The van der Waals surface area contributed by atoms with Crippen molar-refractivity contribution in [2.45, 2.75) is 32.9 Å². The van der Waals surface area contributed by atoms with E-state index in [1.165, 1.54) is 6.07 Å². The molecule has 0 amide bonds. The fourth-order valence-corrected chi connectivity index (χ4v) is 4.74. The second-order valence-corrected chi connectivity index (χ2v) is 8.35. The molecule has 2 heterocycles. The summed E-state index contributed by atoms with van der Waals surface area (Å²) < 4.78 is 28.3. The molecule has 1 fully saturated rings. The predicted molar refractivity (Wildman–Crippen MR) is 84.6 cm³/mol. The highest BCUT2D eigenvalue weighted by molar-refractivity contribution is 7.91. The summed E-state index contributed by atoms with van der Waals surface area (Å²) in [5.41, 5.74) is 3.36. The molecule has 0 radical (unpaired) electrons. The minimum atomic E-state index is -2.87. The Labute approximate surface area is 129 Å². The third-order valence-electron chi connectivity index (χ3n) is 4.38. The average molecular weight is 322 g/mol. The van der Waals surface area contributed by atoms with Gasteiger partial charge in [0.25, 0.3) is 0 Å². The van der Waals surface area contributed by atoms with E-state index in [1.54, 1.807) is 0 Å². The van der Waals surface area contributed by atoms with Crippen molar-refractivity contribution in [3.05, 3.63) is 45.3 Å². The molecule has 1 aliphatic rings. The van der Waals surface area contributed by atoms with Gasteiger partial charge in [0, 0.05) is 23.4 Å². The molecule has 2 N–H and O–H groups in total. The van der Waals surface area contributed by atoms with Gasteiger partial charge in [-0.2, -0.15) is 0 Å². The van der Waals surface area contributed by atoms with Crippen LogP contribution in [-0.4, -0.2) is 26.0 Å². The topological polar surface area (TPSA) is 81.0 Å². The molecule has 2 aromatic rings. The largest absolute Gasteiger partial charge is 0.423 e. The highest BCUT2D eigenvalue weighted by Gasteiger charge is 2.30. The lowest BCUT2D eigenvalue weighted by atomic mass is 10.0. The molecule has 22 heavy (non-hydrogen) atoms. The van der Waals surface area contributed by atoms with Crippen LogP contribution in [0.4, 0.5) is 0 Å². The zero-order valence-electron chi connectivity index (χ0n) is 12.8. The summed E-state index contributed by atoms with van der Waals surface area (Å²) in [6, 6.07) is 5.51. The van der Waals surface area contributed by atoms with Gasteiger partial charge in [-0.25, -0.2) is 13.2 Å². The summed E-state index contributed by atoms with van der Waals surface area (Å²) in [5.74, 6) is 0.495. The van der Waals surface area contributed by atoms with Crippen molar-refractivity contribution in [2.24, 2.45) is 0 Å². The minimum absolute atomic E-state index is 0.0823. The maximum Gasteiger partial charge on any atom is 0.336 e. The van der Waals surface area contributed by atoms with Crippen molar-refractivity contribution in [1.29, 1.82) is 0 Å². The van der Waals surface area contributed by atoms with E-state index in [4.69, 9.17) is 4.42 Å². The van der Waals surface area contributed by atoms with Gasteiger partial charge in [0.05, 0.1) is 5.75 Å². The first-order chi connectivity index (χ1) is 10.3. The molecule has 0 saturated carbocycles. The number of fused-ring (bicyclic) bond motifs is 1. The van der Waals surface area contributed by atoms with E-state index < -0.39 is 9.84 Å². The Morgan fingerprint density at radius 2 is 1.95 bits per heavy atom. The number of benzene rings is 1. The Morgan fingerprint density at radius 1 is 1.23 bits per heavy atom. The zero-order valence-corrected chi connectivity index (χ0v) is 13.6. The first-order valence-corrected chi connectivity index (χ1v) is 9.24. The number of aryl methyl sites for hydroxylation is 2. The summed E-state index contributed by atoms with van der Waals surface area (Å²) in [5, 5.41) is 2.95. The summed E-state index contributed by atoms with van der Waals surface area (Å²) in [6.07, 6.45) is 0.680.